The Morgan fingerprint density at radius 3 is 2.89 bits per heavy atom. The Hall–Kier alpha value is -1.33. The second-order valence-electron chi connectivity index (χ2n) is 5.29. The minimum absolute atomic E-state index is 0.639. The number of fused-ring (bicyclic) bond motifs is 4. The predicted molar refractivity (Wildman–Crippen MR) is 76.6 cm³/mol. The van der Waals surface area contributed by atoms with Crippen LogP contribution in [-0.2, 0) is 0 Å². The van der Waals surface area contributed by atoms with Gasteiger partial charge in [0, 0.05) is 38.3 Å². The average Bonchev–Trinajstić information content (AvgIpc) is 3.05. The Morgan fingerprint density at radius 2 is 2.11 bits per heavy atom. The van der Waals surface area contributed by atoms with Crippen molar-refractivity contribution in [3.63, 3.8) is 0 Å². The van der Waals surface area contributed by atoms with Crippen LogP contribution in [0.4, 0.5) is 5.82 Å². The van der Waals surface area contributed by atoms with E-state index in [-0.39, 0.29) is 0 Å². The number of piperidine rings is 1. The second-order valence-corrected chi connectivity index (χ2v) is 6.24. The topological polar surface area (TPSA) is 32.5 Å². The van der Waals surface area contributed by atoms with Crippen LogP contribution < -0.4 is 4.90 Å². The summed E-state index contributed by atoms with van der Waals surface area (Å²) >= 11 is 1.69. The van der Waals surface area contributed by atoms with Gasteiger partial charge in [0.25, 0.3) is 0 Å². The van der Waals surface area contributed by atoms with Gasteiger partial charge in [-0.15, -0.1) is 11.3 Å². The van der Waals surface area contributed by atoms with E-state index in [9.17, 15) is 0 Å². The third-order valence-corrected chi connectivity index (χ3v) is 5.10. The molecular weight excluding hydrogens is 258 g/mol. The largest absolute Gasteiger partial charge is 0.353 e. The minimum Gasteiger partial charge on any atom is -0.353 e. The number of aromatic nitrogens is 1. The van der Waals surface area contributed by atoms with Crippen molar-refractivity contribution in [2.24, 2.45) is 0 Å². The molecule has 0 atom stereocenters. The maximum Gasteiger partial charge on any atom is 0.179 e. The summed E-state index contributed by atoms with van der Waals surface area (Å²) in [6, 6.07) is 6.86. The van der Waals surface area contributed by atoms with Crippen molar-refractivity contribution < 1.29 is 4.52 Å². The van der Waals surface area contributed by atoms with Gasteiger partial charge in [-0.25, -0.2) is 0 Å². The van der Waals surface area contributed by atoms with E-state index in [1.807, 2.05) is 6.07 Å². The lowest BCUT2D eigenvalue weighted by Gasteiger charge is -2.30. The molecule has 2 aromatic rings. The van der Waals surface area contributed by atoms with E-state index in [2.05, 4.69) is 32.5 Å². The first-order chi connectivity index (χ1) is 9.40. The lowest BCUT2D eigenvalue weighted by Crippen LogP contribution is -2.38. The summed E-state index contributed by atoms with van der Waals surface area (Å²) in [5, 5.41) is 6.36. The van der Waals surface area contributed by atoms with Crippen LogP contribution in [0.5, 0.6) is 0 Å². The molecule has 100 valence electrons. The number of anilines is 1. The highest BCUT2D eigenvalue weighted by atomic mass is 32.1. The fourth-order valence-corrected chi connectivity index (χ4v) is 3.80. The van der Waals surface area contributed by atoms with Crippen LogP contribution in [0.3, 0.4) is 0 Å². The van der Waals surface area contributed by atoms with Gasteiger partial charge in [0.05, 0.1) is 4.88 Å². The highest BCUT2D eigenvalue weighted by Gasteiger charge is 2.30. The predicted octanol–water partition coefficient (Wildman–Crippen LogP) is 2.69. The first-order valence-corrected chi connectivity index (χ1v) is 7.78. The molecule has 3 aliphatic heterocycles. The zero-order valence-electron chi connectivity index (χ0n) is 10.8. The highest BCUT2D eigenvalue weighted by Crippen LogP contribution is 2.31. The molecule has 2 bridgehead atoms. The Labute approximate surface area is 116 Å². The standard InChI is InChI=1S/C14H17N3OS/c1-2-13(19-9-1)12-10-14(15-18-12)17-8-7-16-5-3-11(17)4-6-16/h1-2,9-11H,3-8H2. The molecule has 0 amide bonds. The highest BCUT2D eigenvalue weighted by molar-refractivity contribution is 7.13. The molecular formula is C14H17N3OS. The molecule has 0 aromatic carbocycles. The molecule has 3 fully saturated rings. The van der Waals surface area contributed by atoms with Crippen molar-refractivity contribution in [1.29, 1.82) is 0 Å². The Kier molecular flexibility index (Phi) is 2.81. The van der Waals surface area contributed by atoms with Crippen LogP contribution in [0.25, 0.3) is 10.6 Å². The van der Waals surface area contributed by atoms with Gasteiger partial charge in [-0.1, -0.05) is 11.2 Å². The van der Waals surface area contributed by atoms with Crippen LogP contribution in [0.1, 0.15) is 12.8 Å². The number of nitrogens with zero attached hydrogens (tertiary/aromatic N) is 3. The summed E-state index contributed by atoms with van der Waals surface area (Å²) in [5.74, 6) is 1.90. The molecule has 0 saturated carbocycles. The third kappa shape index (κ3) is 2.07. The molecule has 2 aromatic heterocycles. The second kappa shape index (κ2) is 4.65. The average molecular weight is 275 g/mol. The third-order valence-electron chi connectivity index (χ3n) is 4.21. The zero-order valence-corrected chi connectivity index (χ0v) is 11.6. The van der Waals surface area contributed by atoms with Gasteiger partial charge in [-0.3, -0.25) is 0 Å². The lowest BCUT2D eigenvalue weighted by atomic mass is 10.1. The maximum atomic E-state index is 5.51. The van der Waals surface area contributed by atoms with Gasteiger partial charge < -0.3 is 14.3 Å². The van der Waals surface area contributed by atoms with Crippen molar-refractivity contribution in [1.82, 2.24) is 10.1 Å². The van der Waals surface area contributed by atoms with Gasteiger partial charge in [0.1, 0.15) is 0 Å². The number of hydrogen-bond donors (Lipinski definition) is 0. The van der Waals surface area contributed by atoms with Crippen LogP contribution in [0.2, 0.25) is 0 Å². The summed E-state index contributed by atoms with van der Waals surface area (Å²) in [7, 11) is 0. The Morgan fingerprint density at radius 1 is 1.21 bits per heavy atom. The van der Waals surface area contributed by atoms with E-state index in [1.165, 1.54) is 25.9 Å². The zero-order chi connectivity index (χ0) is 12.7. The lowest BCUT2D eigenvalue weighted by molar-refractivity contribution is 0.250. The quantitative estimate of drug-likeness (QED) is 0.843. The van der Waals surface area contributed by atoms with Crippen molar-refractivity contribution in [2.45, 2.75) is 18.9 Å². The molecule has 5 heterocycles. The monoisotopic (exact) mass is 275 g/mol. The number of hydrogen-bond acceptors (Lipinski definition) is 5. The molecule has 3 aliphatic rings. The molecule has 0 spiro atoms. The number of thiophene rings is 1. The smallest absolute Gasteiger partial charge is 0.179 e. The van der Waals surface area contributed by atoms with Crippen LogP contribution in [-0.4, -0.2) is 42.3 Å². The van der Waals surface area contributed by atoms with E-state index in [4.69, 9.17) is 4.52 Å². The van der Waals surface area contributed by atoms with E-state index < -0.39 is 0 Å². The fraction of sp³-hybridized carbons (Fsp3) is 0.500. The molecule has 4 nitrogen and oxygen atoms in total. The molecule has 0 N–H and O–H groups in total. The van der Waals surface area contributed by atoms with Crippen molar-refractivity contribution >= 4 is 17.2 Å². The molecule has 0 aliphatic carbocycles. The van der Waals surface area contributed by atoms with Crippen molar-refractivity contribution in [3.8, 4) is 10.6 Å². The molecule has 0 radical (unpaired) electrons. The number of rotatable bonds is 2. The van der Waals surface area contributed by atoms with Gasteiger partial charge in [-0.2, -0.15) is 0 Å². The Balaban J connectivity index is 1.62. The normalized spacial score (nSPS) is 26.6. The molecule has 3 saturated heterocycles. The molecule has 0 unspecified atom stereocenters. The first kappa shape index (κ1) is 11.5. The fourth-order valence-electron chi connectivity index (χ4n) is 3.12. The Bertz CT molecular complexity index is 543. The van der Waals surface area contributed by atoms with E-state index in [0.717, 1.165) is 29.5 Å². The summed E-state index contributed by atoms with van der Waals surface area (Å²) in [6.45, 7) is 4.69. The summed E-state index contributed by atoms with van der Waals surface area (Å²) in [4.78, 5) is 6.14. The van der Waals surface area contributed by atoms with Crippen LogP contribution in [0.15, 0.2) is 28.1 Å². The van der Waals surface area contributed by atoms with E-state index in [1.54, 1.807) is 11.3 Å². The van der Waals surface area contributed by atoms with Crippen LogP contribution >= 0.6 is 11.3 Å². The molecule has 5 rings (SSSR count). The van der Waals surface area contributed by atoms with Crippen LogP contribution in [0, 0.1) is 0 Å². The van der Waals surface area contributed by atoms with Gasteiger partial charge in [0.2, 0.25) is 0 Å². The van der Waals surface area contributed by atoms with Crippen molar-refractivity contribution in [3.05, 3.63) is 23.6 Å². The van der Waals surface area contributed by atoms with Gasteiger partial charge >= 0.3 is 0 Å². The van der Waals surface area contributed by atoms with E-state index >= 15 is 0 Å². The summed E-state index contributed by atoms with van der Waals surface area (Å²) in [5.41, 5.74) is 0. The first-order valence-electron chi connectivity index (χ1n) is 6.90. The SMILES string of the molecule is c1csc(-c2cc(N3CCN4CCC3CC4)no2)c1. The minimum atomic E-state index is 0.639. The maximum absolute atomic E-state index is 5.51. The summed E-state index contributed by atoms with van der Waals surface area (Å²) in [6.07, 6.45) is 2.50. The molecule has 5 heteroatoms. The summed E-state index contributed by atoms with van der Waals surface area (Å²) < 4.78 is 5.51. The van der Waals surface area contributed by atoms with Crippen molar-refractivity contribution in [2.75, 3.05) is 31.1 Å². The van der Waals surface area contributed by atoms with Gasteiger partial charge in [-0.05, 0) is 24.3 Å². The van der Waals surface area contributed by atoms with E-state index in [0.29, 0.717) is 6.04 Å². The van der Waals surface area contributed by atoms with Gasteiger partial charge in [0.15, 0.2) is 11.6 Å². The molecule has 19 heavy (non-hydrogen) atoms.